The summed E-state index contributed by atoms with van der Waals surface area (Å²) in [5.74, 6) is 1.04. The van der Waals surface area contributed by atoms with Crippen LogP contribution in [0.3, 0.4) is 0 Å². The van der Waals surface area contributed by atoms with Crippen LogP contribution in [0.5, 0.6) is 5.75 Å². The number of rotatable bonds is 8. The highest BCUT2D eigenvalue weighted by Crippen LogP contribution is 2.16. The van der Waals surface area contributed by atoms with Gasteiger partial charge in [0.1, 0.15) is 24.7 Å². The highest BCUT2D eigenvalue weighted by Gasteiger charge is 2.03. The molecule has 0 aliphatic rings. The van der Waals surface area contributed by atoms with E-state index in [-0.39, 0.29) is 6.54 Å². The molecule has 3 rings (SSSR count). The molecular formula is C18H19N5O2. The Hall–Kier alpha value is -3.35. The van der Waals surface area contributed by atoms with Crippen LogP contribution in [0, 0.1) is 0 Å². The Bertz CT molecular complexity index is 832. The predicted octanol–water partition coefficient (Wildman–Crippen LogP) is 1.95. The maximum absolute atomic E-state index is 10.9. The first-order valence-corrected chi connectivity index (χ1v) is 7.86. The lowest BCUT2D eigenvalue weighted by molar-refractivity contribution is -0.118. The molecule has 0 bridgehead atoms. The van der Waals surface area contributed by atoms with Gasteiger partial charge in [-0.3, -0.25) is 14.5 Å². The zero-order chi connectivity index (χ0) is 17.5. The molecule has 0 aliphatic carbocycles. The SMILES string of the molecule is NC(=O)Cn1ccc(NCc2cccc(OCc3ccccn3)c2)n1. The number of nitrogens with zero attached hydrogens (tertiary/aromatic N) is 3. The second-order valence-electron chi connectivity index (χ2n) is 5.48. The minimum absolute atomic E-state index is 0.0680. The number of anilines is 1. The molecule has 7 heteroatoms. The van der Waals surface area contributed by atoms with Gasteiger partial charge in [-0.25, -0.2) is 0 Å². The minimum Gasteiger partial charge on any atom is -0.487 e. The average molecular weight is 337 g/mol. The van der Waals surface area contributed by atoms with E-state index in [1.54, 1.807) is 18.5 Å². The Morgan fingerprint density at radius 1 is 1.20 bits per heavy atom. The van der Waals surface area contributed by atoms with Crippen molar-refractivity contribution in [2.75, 3.05) is 5.32 Å². The Morgan fingerprint density at radius 3 is 2.92 bits per heavy atom. The third-order valence-electron chi connectivity index (χ3n) is 3.44. The van der Waals surface area contributed by atoms with Crippen LogP contribution in [0.25, 0.3) is 0 Å². The summed E-state index contributed by atoms with van der Waals surface area (Å²) in [6.45, 7) is 1.09. The van der Waals surface area contributed by atoms with Crippen molar-refractivity contribution in [2.24, 2.45) is 5.73 Å². The van der Waals surface area contributed by atoms with Crippen LogP contribution in [-0.4, -0.2) is 20.7 Å². The molecular weight excluding hydrogens is 318 g/mol. The quantitative estimate of drug-likeness (QED) is 0.655. The van der Waals surface area contributed by atoms with Crippen LogP contribution >= 0.6 is 0 Å². The minimum atomic E-state index is -0.424. The van der Waals surface area contributed by atoms with Crippen LogP contribution in [0.15, 0.2) is 60.9 Å². The van der Waals surface area contributed by atoms with E-state index in [9.17, 15) is 4.79 Å². The van der Waals surface area contributed by atoms with Crippen LogP contribution in [0.2, 0.25) is 0 Å². The number of amides is 1. The van der Waals surface area contributed by atoms with Gasteiger partial charge in [0, 0.05) is 25.0 Å². The lowest BCUT2D eigenvalue weighted by Crippen LogP contribution is -2.19. The van der Waals surface area contributed by atoms with Crippen molar-refractivity contribution >= 4 is 11.7 Å². The number of pyridine rings is 1. The van der Waals surface area contributed by atoms with Gasteiger partial charge in [0.05, 0.1) is 5.69 Å². The number of ether oxygens (including phenoxy) is 1. The highest BCUT2D eigenvalue weighted by molar-refractivity contribution is 5.73. The van der Waals surface area contributed by atoms with E-state index in [1.165, 1.54) is 4.68 Å². The second kappa shape index (κ2) is 7.96. The van der Waals surface area contributed by atoms with Gasteiger partial charge in [0.25, 0.3) is 0 Å². The standard InChI is InChI=1S/C18H19N5O2/c19-17(24)12-23-9-7-18(22-23)21-11-14-4-3-6-16(10-14)25-13-15-5-1-2-8-20-15/h1-10H,11-13H2,(H2,19,24)(H,21,22). The van der Waals surface area contributed by atoms with Crippen molar-refractivity contribution in [3.63, 3.8) is 0 Å². The fourth-order valence-electron chi connectivity index (χ4n) is 2.28. The molecule has 2 aromatic heterocycles. The lowest BCUT2D eigenvalue weighted by atomic mass is 10.2. The topological polar surface area (TPSA) is 95.1 Å². The average Bonchev–Trinajstić information content (AvgIpc) is 3.06. The van der Waals surface area contributed by atoms with Gasteiger partial charge < -0.3 is 15.8 Å². The molecule has 0 aliphatic heterocycles. The number of hydrogen-bond acceptors (Lipinski definition) is 5. The van der Waals surface area contributed by atoms with Crippen molar-refractivity contribution in [1.29, 1.82) is 0 Å². The fourth-order valence-corrected chi connectivity index (χ4v) is 2.28. The number of carbonyl (C=O) groups excluding carboxylic acids is 1. The molecule has 0 saturated carbocycles. The zero-order valence-electron chi connectivity index (χ0n) is 13.6. The van der Waals surface area contributed by atoms with Gasteiger partial charge in [-0.15, -0.1) is 0 Å². The summed E-state index contributed by atoms with van der Waals surface area (Å²) in [5.41, 5.74) is 7.09. The highest BCUT2D eigenvalue weighted by atomic mass is 16.5. The smallest absolute Gasteiger partial charge is 0.239 e. The van der Waals surface area contributed by atoms with E-state index >= 15 is 0 Å². The number of nitrogens with two attached hydrogens (primary N) is 1. The van der Waals surface area contributed by atoms with Crippen molar-refractivity contribution < 1.29 is 9.53 Å². The van der Waals surface area contributed by atoms with Gasteiger partial charge in [0.15, 0.2) is 0 Å². The number of hydrogen-bond donors (Lipinski definition) is 2. The fraction of sp³-hybridized carbons (Fsp3) is 0.167. The van der Waals surface area contributed by atoms with Crippen LogP contribution in [0.1, 0.15) is 11.3 Å². The van der Waals surface area contributed by atoms with Crippen LogP contribution in [-0.2, 0) is 24.5 Å². The molecule has 3 N–H and O–H groups in total. The summed E-state index contributed by atoms with van der Waals surface area (Å²) in [5, 5.41) is 7.43. The molecule has 0 saturated heterocycles. The molecule has 128 valence electrons. The van der Waals surface area contributed by atoms with E-state index in [0.717, 1.165) is 17.0 Å². The largest absolute Gasteiger partial charge is 0.487 e. The van der Waals surface area contributed by atoms with Gasteiger partial charge in [-0.05, 0) is 29.8 Å². The molecule has 25 heavy (non-hydrogen) atoms. The Labute approximate surface area is 145 Å². The van der Waals surface area contributed by atoms with E-state index < -0.39 is 5.91 Å². The molecule has 0 atom stereocenters. The summed E-state index contributed by atoms with van der Waals surface area (Å²) >= 11 is 0. The maximum atomic E-state index is 10.9. The Balaban J connectivity index is 1.54. The monoisotopic (exact) mass is 337 g/mol. The van der Waals surface area contributed by atoms with Crippen molar-refractivity contribution in [3.05, 3.63) is 72.2 Å². The molecule has 0 spiro atoms. The summed E-state index contributed by atoms with van der Waals surface area (Å²) < 4.78 is 7.27. The molecule has 3 aromatic rings. The van der Waals surface area contributed by atoms with Crippen LogP contribution in [0.4, 0.5) is 5.82 Å². The summed E-state index contributed by atoms with van der Waals surface area (Å²) in [4.78, 5) is 15.1. The lowest BCUT2D eigenvalue weighted by Gasteiger charge is -2.08. The number of benzene rings is 1. The number of nitrogens with one attached hydrogen (secondary N) is 1. The zero-order valence-corrected chi connectivity index (χ0v) is 13.6. The molecule has 7 nitrogen and oxygen atoms in total. The molecule has 0 unspecified atom stereocenters. The summed E-state index contributed by atoms with van der Waals surface area (Å²) in [7, 11) is 0. The number of primary amides is 1. The predicted molar refractivity (Wildman–Crippen MR) is 93.8 cm³/mol. The molecule has 0 fully saturated rings. The van der Waals surface area contributed by atoms with Gasteiger partial charge >= 0.3 is 0 Å². The summed E-state index contributed by atoms with van der Waals surface area (Å²) in [6, 6.07) is 15.4. The maximum Gasteiger partial charge on any atom is 0.239 e. The van der Waals surface area contributed by atoms with E-state index in [4.69, 9.17) is 10.5 Å². The second-order valence-corrected chi connectivity index (χ2v) is 5.48. The first-order valence-electron chi connectivity index (χ1n) is 7.86. The Kier molecular flexibility index (Phi) is 5.26. The molecule has 2 heterocycles. The first-order chi connectivity index (χ1) is 12.2. The first kappa shape index (κ1) is 16.5. The van der Waals surface area contributed by atoms with Crippen molar-refractivity contribution in [2.45, 2.75) is 19.7 Å². The normalized spacial score (nSPS) is 10.4. The molecule has 1 aromatic carbocycles. The van der Waals surface area contributed by atoms with Gasteiger partial charge in [-0.1, -0.05) is 18.2 Å². The van der Waals surface area contributed by atoms with E-state index in [1.807, 2.05) is 42.5 Å². The number of carbonyl (C=O) groups is 1. The van der Waals surface area contributed by atoms with Gasteiger partial charge in [-0.2, -0.15) is 5.10 Å². The third kappa shape index (κ3) is 5.07. The third-order valence-corrected chi connectivity index (χ3v) is 3.44. The van der Waals surface area contributed by atoms with E-state index in [0.29, 0.717) is 19.0 Å². The van der Waals surface area contributed by atoms with Crippen LogP contribution < -0.4 is 15.8 Å². The number of aromatic nitrogens is 3. The van der Waals surface area contributed by atoms with Crippen molar-refractivity contribution in [3.8, 4) is 5.75 Å². The molecule has 0 radical (unpaired) electrons. The van der Waals surface area contributed by atoms with Crippen molar-refractivity contribution in [1.82, 2.24) is 14.8 Å². The molecule has 1 amide bonds. The summed E-state index contributed by atoms with van der Waals surface area (Å²) in [6.07, 6.45) is 3.45. The van der Waals surface area contributed by atoms with Gasteiger partial charge in [0.2, 0.25) is 5.91 Å². The Morgan fingerprint density at radius 2 is 2.12 bits per heavy atom. The van der Waals surface area contributed by atoms with E-state index in [2.05, 4.69) is 15.4 Å².